The second kappa shape index (κ2) is 6.01. The maximum Gasteiger partial charge on any atom is 0.224 e. The zero-order valence-corrected chi connectivity index (χ0v) is 10.1. The molecular formula is C11H17ClN4. The second-order valence-corrected chi connectivity index (χ2v) is 4.38. The lowest BCUT2D eigenvalue weighted by molar-refractivity contribution is 0.237. The molecule has 4 nitrogen and oxygen atoms in total. The minimum Gasteiger partial charge on any atom is -0.369 e. The summed E-state index contributed by atoms with van der Waals surface area (Å²) in [6.45, 7) is 4.44. The lowest BCUT2D eigenvalue weighted by atomic mass is 10.1. The summed E-state index contributed by atoms with van der Waals surface area (Å²) in [7, 11) is 0. The Labute approximate surface area is 101 Å². The monoisotopic (exact) mass is 240 g/mol. The standard InChI is InChI=1S/C11H17ClN4/c12-11-14-5-4-10(15-11)13-6-9-16-7-2-1-3-8-16/h4-5H,1-3,6-9H2,(H,13,14,15). The van der Waals surface area contributed by atoms with Crippen molar-refractivity contribution in [1.29, 1.82) is 0 Å². The first-order chi connectivity index (χ1) is 7.84. The van der Waals surface area contributed by atoms with E-state index in [1.54, 1.807) is 6.20 Å². The second-order valence-electron chi connectivity index (χ2n) is 4.04. The maximum atomic E-state index is 5.70. The Hall–Kier alpha value is -0.870. The minimum atomic E-state index is 0.294. The molecule has 0 unspecified atom stereocenters. The number of nitrogens with zero attached hydrogens (tertiary/aromatic N) is 3. The Bertz CT molecular complexity index is 326. The zero-order valence-electron chi connectivity index (χ0n) is 9.32. The summed E-state index contributed by atoms with van der Waals surface area (Å²) < 4.78 is 0. The van der Waals surface area contributed by atoms with Crippen LogP contribution in [0.15, 0.2) is 12.3 Å². The van der Waals surface area contributed by atoms with Crippen LogP contribution in [0.5, 0.6) is 0 Å². The van der Waals surface area contributed by atoms with Gasteiger partial charge in [0.25, 0.3) is 0 Å². The largest absolute Gasteiger partial charge is 0.369 e. The topological polar surface area (TPSA) is 41.1 Å². The van der Waals surface area contributed by atoms with Crippen molar-refractivity contribution >= 4 is 17.4 Å². The molecule has 0 radical (unpaired) electrons. The van der Waals surface area contributed by atoms with Gasteiger partial charge in [-0.2, -0.15) is 0 Å². The van der Waals surface area contributed by atoms with Crippen LogP contribution in [0.2, 0.25) is 5.28 Å². The first-order valence-corrected chi connectivity index (χ1v) is 6.17. The van der Waals surface area contributed by atoms with E-state index < -0.39 is 0 Å². The molecule has 0 spiro atoms. The molecule has 2 heterocycles. The summed E-state index contributed by atoms with van der Waals surface area (Å²) >= 11 is 5.70. The van der Waals surface area contributed by atoms with Crippen LogP contribution in [0.1, 0.15) is 19.3 Å². The van der Waals surface area contributed by atoms with Crippen LogP contribution in [-0.2, 0) is 0 Å². The predicted molar refractivity (Wildman–Crippen MR) is 65.8 cm³/mol. The molecule has 1 aromatic heterocycles. The molecule has 0 saturated carbocycles. The van der Waals surface area contributed by atoms with Crippen LogP contribution >= 0.6 is 11.6 Å². The normalized spacial score (nSPS) is 17.3. The molecule has 5 heteroatoms. The van der Waals surface area contributed by atoms with E-state index in [2.05, 4.69) is 20.2 Å². The molecule has 0 aromatic carbocycles. The lowest BCUT2D eigenvalue weighted by Crippen LogP contribution is -2.33. The molecule has 1 aliphatic rings. The number of likely N-dealkylation sites (tertiary alicyclic amines) is 1. The summed E-state index contributed by atoms with van der Waals surface area (Å²) in [4.78, 5) is 10.4. The number of nitrogens with one attached hydrogen (secondary N) is 1. The highest BCUT2D eigenvalue weighted by atomic mass is 35.5. The van der Waals surface area contributed by atoms with Crippen molar-refractivity contribution in [2.45, 2.75) is 19.3 Å². The number of aromatic nitrogens is 2. The van der Waals surface area contributed by atoms with Gasteiger partial charge < -0.3 is 10.2 Å². The quantitative estimate of drug-likeness (QED) is 0.818. The van der Waals surface area contributed by atoms with Gasteiger partial charge in [0.2, 0.25) is 5.28 Å². The molecule has 1 fully saturated rings. The van der Waals surface area contributed by atoms with Gasteiger partial charge in [-0.25, -0.2) is 9.97 Å². The fourth-order valence-electron chi connectivity index (χ4n) is 1.96. The Kier molecular flexibility index (Phi) is 4.36. The molecular weight excluding hydrogens is 224 g/mol. The minimum absolute atomic E-state index is 0.294. The highest BCUT2D eigenvalue weighted by molar-refractivity contribution is 6.28. The van der Waals surface area contributed by atoms with Crippen molar-refractivity contribution in [3.05, 3.63) is 17.5 Å². The number of anilines is 1. The first kappa shape index (κ1) is 11.6. The van der Waals surface area contributed by atoms with E-state index in [-0.39, 0.29) is 0 Å². The Morgan fingerprint density at radius 3 is 2.88 bits per heavy atom. The molecule has 1 aliphatic heterocycles. The average Bonchev–Trinajstić information content (AvgIpc) is 2.30. The third-order valence-electron chi connectivity index (χ3n) is 2.81. The zero-order chi connectivity index (χ0) is 11.2. The fourth-order valence-corrected chi connectivity index (χ4v) is 2.11. The van der Waals surface area contributed by atoms with Crippen LogP contribution < -0.4 is 5.32 Å². The predicted octanol–water partition coefficient (Wildman–Crippen LogP) is 2.03. The van der Waals surface area contributed by atoms with Gasteiger partial charge in [0.05, 0.1) is 0 Å². The van der Waals surface area contributed by atoms with Crippen molar-refractivity contribution in [1.82, 2.24) is 14.9 Å². The van der Waals surface area contributed by atoms with Gasteiger partial charge in [-0.3, -0.25) is 0 Å². The van der Waals surface area contributed by atoms with Crippen LogP contribution in [0, 0.1) is 0 Å². The maximum absolute atomic E-state index is 5.70. The smallest absolute Gasteiger partial charge is 0.224 e. The van der Waals surface area contributed by atoms with Crippen molar-refractivity contribution in [2.24, 2.45) is 0 Å². The van der Waals surface area contributed by atoms with Crippen molar-refractivity contribution < 1.29 is 0 Å². The average molecular weight is 241 g/mol. The lowest BCUT2D eigenvalue weighted by Gasteiger charge is -2.26. The third kappa shape index (κ3) is 3.61. The van der Waals surface area contributed by atoms with E-state index in [0.717, 1.165) is 18.9 Å². The Morgan fingerprint density at radius 2 is 2.12 bits per heavy atom. The van der Waals surface area contributed by atoms with Gasteiger partial charge in [-0.05, 0) is 43.6 Å². The van der Waals surface area contributed by atoms with Crippen LogP contribution in [0.3, 0.4) is 0 Å². The van der Waals surface area contributed by atoms with Crippen LogP contribution in [0.25, 0.3) is 0 Å². The van der Waals surface area contributed by atoms with Crippen molar-refractivity contribution in [3.8, 4) is 0 Å². The van der Waals surface area contributed by atoms with E-state index in [4.69, 9.17) is 11.6 Å². The summed E-state index contributed by atoms with van der Waals surface area (Å²) in [5.41, 5.74) is 0. The molecule has 0 aliphatic carbocycles. The summed E-state index contributed by atoms with van der Waals surface area (Å²) in [6.07, 6.45) is 5.71. The van der Waals surface area contributed by atoms with Gasteiger partial charge in [0.15, 0.2) is 0 Å². The number of hydrogen-bond acceptors (Lipinski definition) is 4. The summed E-state index contributed by atoms with van der Waals surface area (Å²) in [5, 5.41) is 3.55. The van der Waals surface area contributed by atoms with Gasteiger partial charge >= 0.3 is 0 Å². The molecule has 0 atom stereocenters. The number of hydrogen-bond donors (Lipinski definition) is 1. The fraction of sp³-hybridized carbons (Fsp3) is 0.636. The van der Waals surface area contributed by atoms with E-state index >= 15 is 0 Å². The summed E-state index contributed by atoms with van der Waals surface area (Å²) in [6, 6.07) is 1.84. The highest BCUT2D eigenvalue weighted by Gasteiger charge is 2.08. The number of halogens is 1. The van der Waals surface area contributed by atoms with E-state index in [1.807, 2.05) is 6.07 Å². The van der Waals surface area contributed by atoms with E-state index in [0.29, 0.717) is 5.28 Å². The molecule has 2 rings (SSSR count). The summed E-state index contributed by atoms with van der Waals surface area (Å²) in [5.74, 6) is 0.803. The van der Waals surface area contributed by atoms with E-state index in [9.17, 15) is 0 Å². The molecule has 0 amide bonds. The Balaban J connectivity index is 1.71. The molecule has 16 heavy (non-hydrogen) atoms. The highest BCUT2D eigenvalue weighted by Crippen LogP contribution is 2.08. The molecule has 1 aromatic rings. The molecule has 88 valence electrons. The first-order valence-electron chi connectivity index (χ1n) is 5.79. The van der Waals surface area contributed by atoms with Crippen molar-refractivity contribution in [3.63, 3.8) is 0 Å². The van der Waals surface area contributed by atoms with E-state index in [1.165, 1.54) is 32.4 Å². The van der Waals surface area contributed by atoms with Crippen molar-refractivity contribution in [2.75, 3.05) is 31.5 Å². The van der Waals surface area contributed by atoms with Crippen LogP contribution in [0.4, 0.5) is 5.82 Å². The van der Waals surface area contributed by atoms with Gasteiger partial charge in [0, 0.05) is 19.3 Å². The van der Waals surface area contributed by atoms with Crippen LogP contribution in [-0.4, -0.2) is 41.0 Å². The SMILES string of the molecule is Clc1nccc(NCCN2CCCCC2)n1. The Morgan fingerprint density at radius 1 is 1.31 bits per heavy atom. The number of rotatable bonds is 4. The number of piperidine rings is 1. The molecule has 1 saturated heterocycles. The molecule has 0 bridgehead atoms. The molecule has 1 N–H and O–H groups in total. The third-order valence-corrected chi connectivity index (χ3v) is 2.99. The van der Waals surface area contributed by atoms with Gasteiger partial charge in [-0.1, -0.05) is 6.42 Å². The van der Waals surface area contributed by atoms with Gasteiger partial charge in [-0.15, -0.1) is 0 Å². The van der Waals surface area contributed by atoms with Gasteiger partial charge in [0.1, 0.15) is 5.82 Å².